The average Bonchev–Trinajstić information content (AvgIpc) is 2.81. The Bertz CT molecular complexity index is 1400. The number of halogens is 4. The van der Waals surface area contributed by atoms with Crippen molar-refractivity contribution in [3.05, 3.63) is 64.7 Å². The normalized spacial score (nSPS) is 12.7. The van der Waals surface area contributed by atoms with Gasteiger partial charge in [-0.15, -0.1) is 0 Å². The number of alkyl halides is 3. The molecule has 3 aromatic heterocycles. The molecule has 0 fully saturated rings. The van der Waals surface area contributed by atoms with Gasteiger partial charge in [-0.3, -0.25) is 4.98 Å². The Labute approximate surface area is 195 Å². The van der Waals surface area contributed by atoms with Gasteiger partial charge in [-0.05, 0) is 30.3 Å². The highest BCUT2D eigenvalue weighted by atomic mass is 19.4. The first-order valence-corrected chi connectivity index (χ1v) is 10.5. The molecule has 0 saturated carbocycles. The molecule has 4 N–H and O–H groups in total. The van der Waals surface area contributed by atoms with Gasteiger partial charge in [-0.2, -0.15) is 18.2 Å². The summed E-state index contributed by atoms with van der Waals surface area (Å²) in [7, 11) is 0. The third-order valence-electron chi connectivity index (χ3n) is 5.01. The van der Waals surface area contributed by atoms with Crippen LogP contribution in [0.2, 0.25) is 0 Å². The van der Waals surface area contributed by atoms with Gasteiger partial charge in [0, 0.05) is 44.0 Å². The maximum Gasteiger partial charge on any atom is 0.441 e. The van der Waals surface area contributed by atoms with Crippen LogP contribution in [-0.4, -0.2) is 52.3 Å². The van der Waals surface area contributed by atoms with Crippen molar-refractivity contribution >= 4 is 33.5 Å². The van der Waals surface area contributed by atoms with Crippen LogP contribution in [-0.2, 0) is 6.18 Å². The molecule has 0 radical (unpaired) electrons. The third-order valence-corrected chi connectivity index (χ3v) is 5.01. The molecule has 0 amide bonds. The highest BCUT2D eigenvalue weighted by Crippen LogP contribution is 2.31. The van der Waals surface area contributed by atoms with Crippen LogP contribution in [0, 0.1) is 5.82 Å². The van der Waals surface area contributed by atoms with Crippen LogP contribution < -0.4 is 21.7 Å². The number of benzene rings is 1. The lowest BCUT2D eigenvalue weighted by molar-refractivity contribution is -0.137. The number of hydrogen-bond acceptors (Lipinski definition) is 9. The zero-order chi connectivity index (χ0) is 25.0. The van der Waals surface area contributed by atoms with E-state index in [0.29, 0.717) is 18.6 Å². The molecule has 9 nitrogen and oxygen atoms in total. The molecule has 0 spiro atoms. The molecule has 1 unspecified atom stereocenters. The summed E-state index contributed by atoms with van der Waals surface area (Å²) in [5.74, 6) is -1.04. The first-order chi connectivity index (χ1) is 16.7. The number of anilines is 2. The smallest absolute Gasteiger partial charge is 0.408 e. The number of nitrogens with one attached hydrogen (secondary N) is 3. The molecule has 35 heavy (non-hydrogen) atoms. The molecular formula is C22H20F4N6O3. The Kier molecular flexibility index (Phi) is 7.07. The quantitative estimate of drug-likeness (QED) is 0.206. The average molecular weight is 492 g/mol. The minimum Gasteiger partial charge on any atom is -0.408 e. The van der Waals surface area contributed by atoms with E-state index in [2.05, 4.69) is 30.9 Å². The minimum absolute atomic E-state index is 0.0132. The topological polar surface area (TPSA) is 125 Å². The molecule has 184 valence electrons. The van der Waals surface area contributed by atoms with Crippen molar-refractivity contribution in [3.63, 3.8) is 0 Å². The van der Waals surface area contributed by atoms with Gasteiger partial charge >= 0.3 is 11.9 Å². The first-order valence-electron chi connectivity index (χ1n) is 10.5. The van der Waals surface area contributed by atoms with E-state index < -0.39 is 29.4 Å². The van der Waals surface area contributed by atoms with Gasteiger partial charge in [-0.1, -0.05) is 0 Å². The van der Waals surface area contributed by atoms with Crippen LogP contribution in [0.1, 0.15) is 5.56 Å². The van der Waals surface area contributed by atoms with Gasteiger partial charge in [0.15, 0.2) is 0 Å². The lowest BCUT2D eigenvalue weighted by Crippen LogP contribution is -2.35. The van der Waals surface area contributed by atoms with E-state index >= 15 is 0 Å². The molecule has 3 heterocycles. The van der Waals surface area contributed by atoms with Gasteiger partial charge in [0.2, 0.25) is 0 Å². The van der Waals surface area contributed by atoms with Crippen LogP contribution in [0.3, 0.4) is 0 Å². The van der Waals surface area contributed by atoms with Gasteiger partial charge in [0.05, 0.1) is 22.6 Å². The zero-order valence-corrected chi connectivity index (χ0v) is 18.1. The number of aliphatic hydroxyl groups excluding tert-OH is 1. The van der Waals surface area contributed by atoms with E-state index in [9.17, 15) is 27.5 Å². The predicted molar refractivity (Wildman–Crippen MR) is 121 cm³/mol. The second kappa shape index (κ2) is 10.2. The molecule has 13 heteroatoms. The number of hydrogen-bond donors (Lipinski definition) is 4. The van der Waals surface area contributed by atoms with E-state index in [0.717, 1.165) is 18.3 Å². The minimum atomic E-state index is -4.51. The Morgan fingerprint density at radius 3 is 2.63 bits per heavy atom. The summed E-state index contributed by atoms with van der Waals surface area (Å²) in [6.07, 6.45) is -3.18. The molecule has 0 aliphatic heterocycles. The molecule has 4 aromatic rings. The monoisotopic (exact) mass is 492 g/mol. The molecule has 1 atom stereocenters. The lowest BCUT2D eigenvalue weighted by Gasteiger charge is -2.15. The van der Waals surface area contributed by atoms with E-state index in [1.165, 1.54) is 24.4 Å². The predicted octanol–water partition coefficient (Wildman–Crippen LogP) is 2.76. The van der Waals surface area contributed by atoms with E-state index in [-0.39, 0.29) is 41.1 Å². The number of rotatable bonds is 9. The largest absolute Gasteiger partial charge is 0.441 e. The number of aromatic nitrogens is 3. The first kappa shape index (κ1) is 24.3. The van der Waals surface area contributed by atoms with Gasteiger partial charge < -0.3 is 25.5 Å². The van der Waals surface area contributed by atoms with Crippen molar-refractivity contribution in [1.29, 1.82) is 0 Å². The molecule has 4 rings (SSSR count). The van der Waals surface area contributed by atoms with Crippen molar-refractivity contribution in [2.45, 2.75) is 12.3 Å². The fraction of sp³-hybridized carbons (Fsp3) is 0.273. The number of aliphatic hydroxyl groups is 1. The highest BCUT2D eigenvalue weighted by Gasteiger charge is 2.31. The summed E-state index contributed by atoms with van der Waals surface area (Å²) in [4.78, 5) is 23.2. The van der Waals surface area contributed by atoms with Gasteiger partial charge in [-0.25, -0.2) is 14.2 Å². The molecule has 0 aliphatic rings. The second-order valence-corrected chi connectivity index (χ2v) is 7.58. The van der Waals surface area contributed by atoms with Crippen molar-refractivity contribution in [2.24, 2.45) is 0 Å². The van der Waals surface area contributed by atoms with Crippen LogP contribution in [0.4, 0.5) is 29.2 Å². The Morgan fingerprint density at radius 1 is 1.00 bits per heavy atom. The standard InChI is InChI=1S/C22H20F4N6O3/c23-13-1-2-18-16(8-13)20(32-21(34)35-18)31-11-14(33)10-27-5-6-29-19-15-7-12(22(24,25)26)9-30-17(15)3-4-28-19/h1-4,7-9,14,27,33H,5-6,10-11H2,(H,28,29)(H,31,32,34). The maximum absolute atomic E-state index is 13.5. The summed E-state index contributed by atoms with van der Waals surface area (Å²) in [5.41, 5.74) is -0.330. The lowest BCUT2D eigenvalue weighted by atomic mass is 10.2. The van der Waals surface area contributed by atoms with Crippen molar-refractivity contribution in [1.82, 2.24) is 20.3 Å². The van der Waals surface area contributed by atoms with Crippen LogP contribution >= 0.6 is 0 Å². The zero-order valence-electron chi connectivity index (χ0n) is 18.1. The molecule has 0 saturated heterocycles. The molecule has 0 bridgehead atoms. The summed E-state index contributed by atoms with van der Waals surface area (Å²) < 4.78 is 57.5. The fourth-order valence-electron chi connectivity index (χ4n) is 3.35. The van der Waals surface area contributed by atoms with E-state index in [4.69, 9.17) is 4.42 Å². The Morgan fingerprint density at radius 2 is 1.83 bits per heavy atom. The SMILES string of the molecule is O=c1nc(NCC(O)CNCCNc2nccc3ncc(C(F)(F)F)cc23)c2cc(F)ccc2o1. The fourth-order valence-corrected chi connectivity index (χ4v) is 3.35. The molecule has 1 aromatic carbocycles. The van der Waals surface area contributed by atoms with Crippen LogP contribution in [0.25, 0.3) is 21.9 Å². The second-order valence-electron chi connectivity index (χ2n) is 7.58. The number of fused-ring (bicyclic) bond motifs is 2. The summed E-state index contributed by atoms with van der Waals surface area (Å²) in [6.45, 7) is 0.848. The molecular weight excluding hydrogens is 472 g/mol. The van der Waals surface area contributed by atoms with E-state index in [1.807, 2.05) is 0 Å². The Hall–Kier alpha value is -3.84. The number of nitrogens with zero attached hydrogens (tertiary/aromatic N) is 3. The van der Waals surface area contributed by atoms with Crippen molar-refractivity contribution in [2.75, 3.05) is 36.8 Å². The van der Waals surface area contributed by atoms with Crippen LogP contribution in [0.5, 0.6) is 0 Å². The molecule has 0 aliphatic carbocycles. The third kappa shape index (κ3) is 6.00. The van der Waals surface area contributed by atoms with Gasteiger partial charge in [0.25, 0.3) is 0 Å². The van der Waals surface area contributed by atoms with Crippen LogP contribution in [0.15, 0.2) is 51.9 Å². The highest BCUT2D eigenvalue weighted by molar-refractivity contribution is 5.89. The number of pyridine rings is 2. The summed E-state index contributed by atoms with van der Waals surface area (Å²) >= 11 is 0. The summed E-state index contributed by atoms with van der Waals surface area (Å²) in [5, 5.41) is 19.5. The Balaban J connectivity index is 1.28. The van der Waals surface area contributed by atoms with Gasteiger partial charge in [0.1, 0.15) is 23.0 Å². The van der Waals surface area contributed by atoms with Crippen molar-refractivity contribution in [3.8, 4) is 0 Å². The van der Waals surface area contributed by atoms with Crippen molar-refractivity contribution < 1.29 is 27.1 Å². The summed E-state index contributed by atoms with van der Waals surface area (Å²) in [6, 6.07) is 6.15. The maximum atomic E-state index is 13.5. The van der Waals surface area contributed by atoms with E-state index in [1.54, 1.807) is 0 Å².